The van der Waals surface area contributed by atoms with Crippen molar-refractivity contribution in [3.05, 3.63) is 29.8 Å². The van der Waals surface area contributed by atoms with Gasteiger partial charge in [0.15, 0.2) is 0 Å². The Kier molecular flexibility index (Phi) is 2.87. The molecule has 0 saturated carbocycles. The first kappa shape index (κ1) is 9.98. The summed E-state index contributed by atoms with van der Waals surface area (Å²) < 4.78 is 10.7. The topological polar surface area (TPSA) is 56.8 Å². The Labute approximate surface area is 88.7 Å². The van der Waals surface area contributed by atoms with E-state index < -0.39 is 0 Å². The average Bonchev–Trinajstić information content (AvgIpc) is 2.78. The van der Waals surface area contributed by atoms with Crippen molar-refractivity contribution in [1.82, 2.24) is 0 Å². The lowest BCUT2D eigenvalue weighted by molar-refractivity contribution is 0.233. The van der Waals surface area contributed by atoms with Crippen molar-refractivity contribution >= 4 is 5.90 Å². The van der Waals surface area contributed by atoms with Crippen molar-refractivity contribution < 1.29 is 9.47 Å². The summed E-state index contributed by atoms with van der Waals surface area (Å²) in [4.78, 5) is 4.29. The van der Waals surface area contributed by atoms with E-state index in [1.54, 1.807) is 7.11 Å². The molecule has 0 spiro atoms. The first-order valence-electron chi connectivity index (χ1n) is 4.89. The van der Waals surface area contributed by atoms with E-state index in [2.05, 4.69) is 4.99 Å². The maximum absolute atomic E-state index is 5.57. The van der Waals surface area contributed by atoms with Crippen molar-refractivity contribution in [2.24, 2.45) is 10.7 Å². The summed E-state index contributed by atoms with van der Waals surface area (Å²) in [6.07, 6.45) is 0.0196. The van der Waals surface area contributed by atoms with Gasteiger partial charge in [-0.3, -0.25) is 0 Å². The number of rotatable bonds is 3. The minimum atomic E-state index is 0.0196. The fourth-order valence-corrected chi connectivity index (χ4v) is 1.46. The monoisotopic (exact) mass is 206 g/mol. The summed E-state index contributed by atoms with van der Waals surface area (Å²) in [5, 5.41) is 0. The van der Waals surface area contributed by atoms with Crippen LogP contribution >= 0.6 is 0 Å². The minimum Gasteiger partial charge on any atom is -0.497 e. The maximum Gasteiger partial charge on any atom is 0.216 e. The number of benzene rings is 1. The largest absolute Gasteiger partial charge is 0.497 e. The lowest BCUT2D eigenvalue weighted by atomic mass is 10.2. The molecule has 4 nitrogen and oxygen atoms in total. The molecule has 1 heterocycles. The summed E-state index contributed by atoms with van der Waals surface area (Å²) in [6, 6.07) is 7.65. The average molecular weight is 206 g/mol. The van der Waals surface area contributed by atoms with E-state index in [1.165, 1.54) is 0 Å². The lowest BCUT2D eigenvalue weighted by Crippen LogP contribution is -2.23. The van der Waals surface area contributed by atoms with Crippen LogP contribution < -0.4 is 10.5 Å². The van der Waals surface area contributed by atoms with Crippen molar-refractivity contribution in [3.63, 3.8) is 0 Å². The Morgan fingerprint density at radius 1 is 1.60 bits per heavy atom. The number of methoxy groups -OCH3 is 1. The van der Waals surface area contributed by atoms with E-state index in [0.717, 1.165) is 11.3 Å². The molecule has 1 unspecified atom stereocenters. The van der Waals surface area contributed by atoms with Crippen LogP contribution in [0.25, 0.3) is 0 Å². The minimum absolute atomic E-state index is 0.0196. The maximum atomic E-state index is 5.57. The molecule has 0 aliphatic carbocycles. The molecule has 1 aromatic carbocycles. The van der Waals surface area contributed by atoms with E-state index >= 15 is 0 Å². The summed E-state index contributed by atoms with van der Waals surface area (Å²) in [5.41, 5.74) is 6.44. The third kappa shape index (κ3) is 2.10. The number of nitrogens with zero attached hydrogens (tertiary/aromatic N) is 1. The molecule has 1 aromatic rings. The predicted octanol–water partition coefficient (Wildman–Crippen LogP) is 0.799. The van der Waals surface area contributed by atoms with E-state index in [4.69, 9.17) is 15.2 Å². The van der Waals surface area contributed by atoms with Gasteiger partial charge in [0.1, 0.15) is 11.9 Å². The molecule has 1 aliphatic heterocycles. The molecule has 15 heavy (non-hydrogen) atoms. The van der Waals surface area contributed by atoms with Gasteiger partial charge in [-0.2, -0.15) is 0 Å². The fraction of sp³-hybridized carbons (Fsp3) is 0.364. The van der Waals surface area contributed by atoms with Crippen molar-refractivity contribution in [2.45, 2.75) is 6.10 Å². The Morgan fingerprint density at radius 3 is 3.13 bits per heavy atom. The van der Waals surface area contributed by atoms with Crippen molar-refractivity contribution in [2.75, 3.05) is 20.2 Å². The second kappa shape index (κ2) is 4.31. The molecule has 1 aliphatic rings. The molecular formula is C11H14N2O2. The highest BCUT2D eigenvalue weighted by Crippen LogP contribution is 2.17. The zero-order chi connectivity index (χ0) is 10.7. The van der Waals surface area contributed by atoms with Crippen molar-refractivity contribution in [1.29, 1.82) is 0 Å². The standard InChI is InChI=1S/C11H14N2O2/c1-14-9-4-2-3-8(5-9)11-13-7-10(6-12)15-11/h2-5,10H,6-7,12H2,1H3. The number of nitrogens with two attached hydrogens (primary N) is 1. The first-order valence-corrected chi connectivity index (χ1v) is 4.89. The second-order valence-corrected chi connectivity index (χ2v) is 3.35. The van der Waals surface area contributed by atoms with Gasteiger partial charge >= 0.3 is 0 Å². The van der Waals surface area contributed by atoms with Crippen LogP contribution in [0.5, 0.6) is 5.75 Å². The summed E-state index contributed by atoms with van der Waals surface area (Å²) in [5.74, 6) is 1.46. The number of ether oxygens (including phenoxy) is 2. The molecule has 0 bridgehead atoms. The van der Waals surface area contributed by atoms with Gasteiger partial charge in [0.2, 0.25) is 5.90 Å². The molecule has 0 aromatic heterocycles. The smallest absolute Gasteiger partial charge is 0.216 e. The predicted molar refractivity (Wildman–Crippen MR) is 58.3 cm³/mol. The van der Waals surface area contributed by atoms with Gasteiger partial charge < -0.3 is 15.2 Å². The molecule has 1 atom stereocenters. The van der Waals surface area contributed by atoms with Crippen molar-refractivity contribution in [3.8, 4) is 5.75 Å². The van der Waals surface area contributed by atoms with Crippen LogP contribution in [0.1, 0.15) is 5.56 Å². The molecule has 0 amide bonds. The van der Waals surface area contributed by atoms with Gasteiger partial charge in [-0.1, -0.05) is 6.07 Å². The van der Waals surface area contributed by atoms with Gasteiger partial charge in [-0.05, 0) is 18.2 Å². The van der Waals surface area contributed by atoms with Gasteiger partial charge in [0.25, 0.3) is 0 Å². The number of hydrogen-bond donors (Lipinski definition) is 1. The van der Waals surface area contributed by atoms with Crippen LogP contribution in [0.2, 0.25) is 0 Å². The van der Waals surface area contributed by atoms with Crippen LogP contribution in [-0.4, -0.2) is 32.2 Å². The Morgan fingerprint density at radius 2 is 2.47 bits per heavy atom. The summed E-state index contributed by atoms with van der Waals surface area (Å²) in [7, 11) is 1.64. The van der Waals surface area contributed by atoms with Crippen LogP contribution in [0.3, 0.4) is 0 Å². The molecule has 0 fully saturated rings. The van der Waals surface area contributed by atoms with Gasteiger partial charge in [0.05, 0.1) is 13.7 Å². The molecular weight excluding hydrogens is 192 g/mol. The molecule has 0 saturated heterocycles. The summed E-state index contributed by atoms with van der Waals surface area (Å²) >= 11 is 0. The zero-order valence-electron chi connectivity index (χ0n) is 8.64. The van der Waals surface area contributed by atoms with E-state index in [1.807, 2.05) is 24.3 Å². The SMILES string of the molecule is COc1cccc(C2=NCC(CN)O2)c1. The Balaban J connectivity index is 2.16. The third-order valence-corrected chi connectivity index (χ3v) is 2.30. The van der Waals surface area contributed by atoms with Gasteiger partial charge in [0, 0.05) is 12.1 Å². The van der Waals surface area contributed by atoms with Crippen LogP contribution in [-0.2, 0) is 4.74 Å². The highest BCUT2D eigenvalue weighted by Gasteiger charge is 2.19. The first-order chi connectivity index (χ1) is 7.33. The normalized spacial score (nSPS) is 19.6. The third-order valence-electron chi connectivity index (χ3n) is 2.30. The van der Waals surface area contributed by atoms with Crippen LogP contribution in [0.4, 0.5) is 0 Å². The van der Waals surface area contributed by atoms with Gasteiger partial charge in [-0.25, -0.2) is 4.99 Å². The van der Waals surface area contributed by atoms with E-state index in [9.17, 15) is 0 Å². The quantitative estimate of drug-likeness (QED) is 0.795. The molecule has 0 radical (unpaired) electrons. The number of aliphatic imine (C=N–C) groups is 1. The Hall–Kier alpha value is -1.55. The second-order valence-electron chi connectivity index (χ2n) is 3.35. The molecule has 2 N–H and O–H groups in total. The van der Waals surface area contributed by atoms with Gasteiger partial charge in [-0.15, -0.1) is 0 Å². The summed E-state index contributed by atoms with van der Waals surface area (Å²) in [6.45, 7) is 1.14. The highest BCUT2D eigenvalue weighted by atomic mass is 16.5. The zero-order valence-corrected chi connectivity index (χ0v) is 8.64. The molecule has 4 heteroatoms. The van der Waals surface area contributed by atoms with Crippen LogP contribution in [0.15, 0.2) is 29.3 Å². The Bertz CT molecular complexity index is 377. The van der Waals surface area contributed by atoms with E-state index in [-0.39, 0.29) is 6.10 Å². The molecule has 80 valence electrons. The van der Waals surface area contributed by atoms with E-state index in [0.29, 0.717) is 19.0 Å². The number of hydrogen-bond acceptors (Lipinski definition) is 4. The highest BCUT2D eigenvalue weighted by molar-refractivity contribution is 5.95. The molecule has 2 rings (SSSR count). The fourth-order valence-electron chi connectivity index (χ4n) is 1.46. The lowest BCUT2D eigenvalue weighted by Gasteiger charge is -2.08. The van der Waals surface area contributed by atoms with Crippen LogP contribution in [0, 0.1) is 0 Å².